The third-order valence-electron chi connectivity index (χ3n) is 6.31. The molecular weight excluding hydrogens is 514 g/mol. The van der Waals surface area contributed by atoms with Crippen LogP contribution in [-0.4, -0.2) is 35.1 Å². The fraction of sp³-hybridized carbons (Fsp3) is 0.179. The highest BCUT2D eigenvalue weighted by Gasteiger charge is 2.44. The molecule has 202 valence electrons. The molecule has 0 aliphatic carbocycles. The van der Waals surface area contributed by atoms with Crippen molar-refractivity contribution in [1.82, 2.24) is 10.2 Å². The van der Waals surface area contributed by atoms with E-state index < -0.39 is 47.2 Å². The molecule has 2 unspecified atom stereocenters. The van der Waals surface area contributed by atoms with Gasteiger partial charge in [0.1, 0.15) is 23.5 Å². The average molecular weight is 540 g/mol. The molecule has 5 N–H and O–H groups in total. The number of carbonyl (C=O) groups is 2. The van der Waals surface area contributed by atoms with E-state index in [0.29, 0.717) is 17.3 Å². The number of anilines is 1. The van der Waals surface area contributed by atoms with Crippen molar-refractivity contribution in [3.05, 3.63) is 113 Å². The number of rotatable bonds is 7. The van der Waals surface area contributed by atoms with E-state index in [0.717, 1.165) is 12.1 Å². The Labute approximate surface area is 221 Å². The molecule has 11 heteroatoms. The van der Waals surface area contributed by atoms with Gasteiger partial charge in [-0.3, -0.25) is 19.9 Å². The van der Waals surface area contributed by atoms with Gasteiger partial charge in [-0.1, -0.05) is 36.4 Å². The van der Waals surface area contributed by atoms with Gasteiger partial charge in [0.05, 0.1) is 5.56 Å². The lowest BCUT2D eigenvalue weighted by atomic mass is 9.80. The first-order valence-corrected chi connectivity index (χ1v) is 12.0. The van der Waals surface area contributed by atoms with E-state index in [4.69, 9.17) is 11.1 Å². The number of nitrogens with zero attached hydrogens (tertiary/aromatic N) is 1. The first-order valence-electron chi connectivity index (χ1n) is 12.0. The molecule has 1 aliphatic heterocycles. The minimum atomic E-state index is -4.67. The molecule has 2 atom stereocenters. The van der Waals surface area contributed by atoms with E-state index in [1.54, 1.807) is 37.3 Å². The minimum Gasteiger partial charge on any atom is -0.384 e. The smallest absolute Gasteiger partial charge is 0.384 e. The second-order valence-corrected chi connectivity index (χ2v) is 8.81. The number of likely N-dealkylation sites (N-methyl/N-ethyl adjacent to an activating group) is 1. The van der Waals surface area contributed by atoms with Crippen molar-refractivity contribution in [2.75, 3.05) is 11.9 Å². The van der Waals surface area contributed by atoms with Crippen LogP contribution in [0.3, 0.4) is 0 Å². The van der Waals surface area contributed by atoms with Crippen LogP contribution in [0.15, 0.2) is 90.3 Å². The van der Waals surface area contributed by atoms with Gasteiger partial charge in [-0.2, -0.15) is 13.2 Å². The molecule has 1 aliphatic rings. The summed E-state index contributed by atoms with van der Waals surface area (Å²) >= 11 is 0. The van der Waals surface area contributed by atoms with E-state index >= 15 is 0 Å². The summed E-state index contributed by atoms with van der Waals surface area (Å²) in [5.41, 5.74) is 5.83. The lowest BCUT2D eigenvalue weighted by Crippen LogP contribution is -2.57. The van der Waals surface area contributed by atoms with Crippen molar-refractivity contribution >= 4 is 23.3 Å². The molecule has 3 aromatic rings. The molecule has 3 aromatic carbocycles. The summed E-state index contributed by atoms with van der Waals surface area (Å²) in [6, 6.07) is 16.4. The first kappa shape index (κ1) is 27.4. The van der Waals surface area contributed by atoms with E-state index in [2.05, 4.69) is 10.6 Å². The third-order valence-corrected chi connectivity index (χ3v) is 6.31. The quantitative estimate of drug-likeness (QED) is 0.195. The number of para-hydroxylation sites is 1. The SMILES string of the molecule is CCN1C(=O)C(NC(=O)c2cccc(C(F)(F)F)c2)C(c2ccc(F)cc2)C(C(=N)N)=C1Nc1ccccc1. The van der Waals surface area contributed by atoms with Crippen molar-refractivity contribution in [2.24, 2.45) is 5.73 Å². The second kappa shape index (κ2) is 11.0. The average Bonchev–Trinajstić information content (AvgIpc) is 2.90. The first-order chi connectivity index (χ1) is 18.5. The van der Waals surface area contributed by atoms with Gasteiger partial charge in [-0.15, -0.1) is 0 Å². The number of halogens is 4. The molecule has 0 fully saturated rings. The molecule has 0 saturated heterocycles. The number of hydrogen-bond donors (Lipinski definition) is 4. The van der Waals surface area contributed by atoms with Gasteiger partial charge in [-0.05, 0) is 55.0 Å². The van der Waals surface area contributed by atoms with Crippen LogP contribution in [-0.2, 0) is 11.0 Å². The third kappa shape index (κ3) is 5.77. The Morgan fingerprint density at radius 2 is 1.69 bits per heavy atom. The lowest BCUT2D eigenvalue weighted by molar-refractivity contribution is -0.137. The Bertz CT molecular complexity index is 1420. The molecule has 0 aromatic heterocycles. The molecule has 4 rings (SSSR count). The van der Waals surface area contributed by atoms with Gasteiger partial charge in [0.25, 0.3) is 11.8 Å². The van der Waals surface area contributed by atoms with E-state index in [1.165, 1.54) is 35.2 Å². The van der Waals surface area contributed by atoms with Gasteiger partial charge < -0.3 is 16.4 Å². The maximum atomic E-state index is 13.8. The Morgan fingerprint density at radius 3 is 2.28 bits per heavy atom. The number of alkyl halides is 3. The molecule has 1 heterocycles. The second-order valence-electron chi connectivity index (χ2n) is 8.81. The normalized spacial score (nSPS) is 17.7. The number of nitrogens with one attached hydrogen (secondary N) is 3. The molecule has 0 saturated carbocycles. The van der Waals surface area contributed by atoms with Crippen molar-refractivity contribution < 1.29 is 27.2 Å². The highest BCUT2D eigenvalue weighted by Crippen LogP contribution is 2.37. The largest absolute Gasteiger partial charge is 0.416 e. The van der Waals surface area contributed by atoms with Crippen LogP contribution in [0.2, 0.25) is 0 Å². The summed E-state index contributed by atoms with van der Waals surface area (Å²) in [5.74, 6) is -3.32. The van der Waals surface area contributed by atoms with Crippen LogP contribution in [0, 0.1) is 11.2 Å². The van der Waals surface area contributed by atoms with Crippen LogP contribution < -0.4 is 16.4 Å². The predicted molar refractivity (Wildman–Crippen MR) is 138 cm³/mol. The number of amides is 2. The van der Waals surface area contributed by atoms with Crippen LogP contribution in [0.25, 0.3) is 0 Å². The highest BCUT2D eigenvalue weighted by molar-refractivity contribution is 6.04. The van der Waals surface area contributed by atoms with E-state index in [1.807, 2.05) is 0 Å². The molecule has 0 spiro atoms. The van der Waals surface area contributed by atoms with Crippen LogP contribution in [0.4, 0.5) is 23.2 Å². The Hall–Kier alpha value is -4.67. The zero-order valence-electron chi connectivity index (χ0n) is 20.7. The van der Waals surface area contributed by atoms with Crippen molar-refractivity contribution in [3.63, 3.8) is 0 Å². The summed E-state index contributed by atoms with van der Waals surface area (Å²) in [6.45, 7) is 1.81. The fourth-order valence-electron chi connectivity index (χ4n) is 4.52. The lowest BCUT2D eigenvalue weighted by Gasteiger charge is -2.41. The molecule has 0 radical (unpaired) electrons. The summed E-state index contributed by atoms with van der Waals surface area (Å²) in [6.07, 6.45) is -4.67. The van der Waals surface area contributed by atoms with Gasteiger partial charge in [0, 0.05) is 29.3 Å². The van der Waals surface area contributed by atoms with E-state index in [9.17, 15) is 27.2 Å². The molecule has 39 heavy (non-hydrogen) atoms. The van der Waals surface area contributed by atoms with Crippen LogP contribution in [0.5, 0.6) is 0 Å². The predicted octanol–water partition coefficient (Wildman–Crippen LogP) is 4.85. The molecular formula is C28H25F4N5O2. The fourth-order valence-corrected chi connectivity index (χ4v) is 4.52. The van der Waals surface area contributed by atoms with Gasteiger partial charge in [-0.25, -0.2) is 4.39 Å². The molecule has 2 amide bonds. The van der Waals surface area contributed by atoms with Crippen LogP contribution in [0.1, 0.15) is 34.3 Å². The molecule has 0 bridgehead atoms. The number of benzene rings is 3. The van der Waals surface area contributed by atoms with E-state index in [-0.39, 0.29) is 23.5 Å². The maximum absolute atomic E-state index is 13.8. The van der Waals surface area contributed by atoms with Gasteiger partial charge >= 0.3 is 6.18 Å². The Morgan fingerprint density at radius 1 is 1.03 bits per heavy atom. The minimum absolute atomic E-state index is 0.122. The standard InChI is InChI=1S/C28H25F4N5O2/c1-2-37-25(35-20-9-4-3-5-10-20)22(24(33)34)21(16-11-13-19(29)14-12-16)23(27(37)39)36-26(38)17-7-6-8-18(15-17)28(30,31)32/h3-15,21,23,35H,2H2,1H3,(H3,33,34)(H,36,38). The topological polar surface area (TPSA) is 111 Å². The summed E-state index contributed by atoms with van der Waals surface area (Å²) in [7, 11) is 0. The molecule has 7 nitrogen and oxygen atoms in total. The van der Waals surface area contributed by atoms with Crippen molar-refractivity contribution in [2.45, 2.75) is 25.1 Å². The van der Waals surface area contributed by atoms with Gasteiger partial charge in [0.2, 0.25) is 0 Å². The Balaban J connectivity index is 1.84. The Kier molecular flexibility index (Phi) is 7.70. The summed E-state index contributed by atoms with van der Waals surface area (Å²) < 4.78 is 53.6. The van der Waals surface area contributed by atoms with Crippen molar-refractivity contribution in [3.8, 4) is 0 Å². The zero-order valence-corrected chi connectivity index (χ0v) is 20.7. The number of amidine groups is 1. The highest BCUT2D eigenvalue weighted by atomic mass is 19.4. The monoisotopic (exact) mass is 539 g/mol. The summed E-state index contributed by atoms with van der Waals surface area (Å²) in [5, 5.41) is 14.1. The summed E-state index contributed by atoms with van der Waals surface area (Å²) in [4.78, 5) is 28.3. The van der Waals surface area contributed by atoms with Crippen molar-refractivity contribution in [1.29, 1.82) is 5.41 Å². The zero-order chi connectivity index (χ0) is 28.3. The van der Waals surface area contributed by atoms with Gasteiger partial charge in [0.15, 0.2) is 0 Å². The number of hydrogen-bond acceptors (Lipinski definition) is 4. The number of carbonyl (C=O) groups excluding carboxylic acids is 2. The van der Waals surface area contributed by atoms with Crippen LogP contribution >= 0.6 is 0 Å². The maximum Gasteiger partial charge on any atom is 0.416 e. The number of nitrogens with two attached hydrogens (primary N) is 1.